The number of hydrogen-bond acceptors (Lipinski definition) is 4. The predicted molar refractivity (Wildman–Crippen MR) is 95.5 cm³/mol. The summed E-state index contributed by atoms with van der Waals surface area (Å²) in [7, 11) is 0. The number of fused-ring (bicyclic) bond motifs is 1. The van der Waals surface area contributed by atoms with E-state index in [1.807, 2.05) is 19.1 Å². The van der Waals surface area contributed by atoms with Crippen molar-refractivity contribution in [2.75, 3.05) is 0 Å². The van der Waals surface area contributed by atoms with E-state index in [1.165, 1.54) is 12.0 Å². The van der Waals surface area contributed by atoms with Gasteiger partial charge in [0, 0.05) is 17.7 Å². The highest BCUT2D eigenvalue weighted by Gasteiger charge is 2.27. The van der Waals surface area contributed by atoms with E-state index in [0.29, 0.717) is 19.3 Å². The first kappa shape index (κ1) is 15.9. The van der Waals surface area contributed by atoms with Crippen LogP contribution >= 0.6 is 0 Å². The van der Waals surface area contributed by atoms with Gasteiger partial charge in [-0.2, -0.15) is 0 Å². The summed E-state index contributed by atoms with van der Waals surface area (Å²) < 4.78 is 0. The van der Waals surface area contributed by atoms with Gasteiger partial charge >= 0.3 is 0 Å². The Balaban J connectivity index is 1.72. The van der Waals surface area contributed by atoms with Crippen molar-refractivity contribution in [3.05, 3.63) is 35.2 Å². The van der Waals surface area contributed by atoms with Crippen LogP contribution in [0.4, 0.5) is 0 Å². The standard InChI is InChI=1S/C19H22N4O2/c1-11-20-14-8-3-7-13(18(14)21-11)17(12-5-2-6-12)22-15-9-4-10-16(24)23-19(15)25/h3,7-8,15,22H,2,4-6,9-10H2,1H3,(H,20,21)(H,23,24,25). The Morgan fingerprint density at radius 3 is 2.80 bits per heavy atom. The fourth-order valence-electron chi connectivity index (χ4n) is 3.53. The number of carbonyl (C=O) groups excluding carboxylic acids is 2. The van der Waals surface area contributed by atoms with Gasteiger partial charge in [-0.05, 0) is 50.7 Å². The molecule has 1 aliphatic heterocycles. The number of imidazole rings is 1. The van der Waals surface area contributed by atoms with Crippen LogP contribution in [-0.4, -0.2) is 27.8 Å². The number of aryl methyl sites for hydroxylation is 1. The lowest BCUT2D eigenvalue weighted by molar-refractivity contribution is -0.130. The van der Waals surface area contributed by atoms with E-state index in [9.17, 15) is 9.59 Å². The summed E-state index contributed by atoms with van der Waals surface area (Å²) in [5.74, 6) is 0.459. The second kappa shape index (κ2) is 6.35. The molecular weight excluding hydrogens is 316 g/mol. The van der Waals surface area contributed by atoms with E-state index in [2.05, 4.69) is 26.7 Å². The maximum Gasteiger partial charge on any atom is 0.249 e. The van der Waals surface area contributed by atoms with E-state index in [4.69, 9.17) is 0 Å². The number of imide groups is 1. The topological polar surface area (TPSA) is 86.9 Å². The second-order valence-electron chi connectivity index (χ2n) is 6.86. The van der Waals surface area contributed by atoms with Gasteiger partial charge < -0.3 is 10.3 Å². The average Bonchev–Trinajstić information content (AvgIpc) is 2.83. The molecule has 0 bridgehead atoms. The largest absolute Gasteiger partial charge is 0.373 e. The molecule has 2 aliphatic rings. The molecule has 2 heterocycles. The highest BCUT2D eigenvalue weighted by molar-refractivity contribution is 5.99. The average molecular weight is 338 g/mol. The van der Waals surface area contributed by atoms with Gasteiger partial charge in [0.2, 0.25) is 11.8 Å². The van der Waals surface area contributed by atoms with Crippen LogP contribution in [0.3, 0.4) is 0 Å². The minimum atomic E-state index is -0.384. The Morgan fingerprint density at radius 1 is 1.20 bits per heavy atom. The molecule has 1 aliphatic carbocycles. The van der Waals surface area contributed by atoms with Crippen molar-refractivity contribution in [1.29, 1.82) is 0 Å². The van der Waals surface area contributed by atoms with Crippen LogP contribution in [0.2, 0.25) is 0 Å². The minimum absolute atomic E-state index is 0.183. The van der Waals surface area contributed by atoms with Crippen LogP contribution in [0.1, 0.15) is 49.9 Å². The first-order valence-electron chi connectivity index (χ1n) is 8.90. The maximum absolute atomic E-state index is 12.3. The minimum Gasteiger partial charge on any atom is -0.373 e. The van der Waals surface area contributed by atoms with Crippen molar-refractivity contribution in [3.63, 3.8) is 0 Å². The van der Waals surface area contributed by atoms with Crippen LogP contribution in [0, 0.1) is 6.92 Å². The molecule has 25 heavy (non-hydrogen) atoms. The zero-order valence-electron chi connectivity index (χ0n) is 14.3. The first-order chi connectivity index (χ1) is 12.1. The van der Waals surface area contributed by atoms with E-state index in [1.54, 1.807) is 0 Å². The zero-order valence-corrected chi connectivity index (χ0v) is 14.3. The molecule has 4 rings (SSSR count). The van der Waals surface area contributed by atoms with Crippen molar-refractivity contribution in [1.82, 2.24) is 20.6 Å². The molecule has 0 radical (unpaired) electrons. The molecule has 0 spiro atoms. The lowest BCUT2D eigenvalue weighted by Crippen LogP contribution is -2.44. The number of aromatic nitrogens is 2. The number of benzene rings is 1. The molecule has 1 saturated carbocycles. The zero-order chi connectivity index (χ0) is 17.4. The number of amides is 2. The van der Waals surface area contributed by atoms with Crippen LogP contribution in [0.5, 0.6) is 0 Å². The third kappa shape index (κ3) is 3.04. The molecule has 1 saturated heterocycles. The van der Waals surface area contributed by atoms with E-state index in [0.717, 1.165) is 41.0 Å². The number of hydrogen-bond donors (Lipinski definition) is 3. The summed E-state index contributed by atoms with van der Waals surface area (Å²) in [6, 6.07) is 5.69. The molecule has 2 fully saturated rings. The first-order valence-corrected chi connectivity index (χ1v) is 8.90. The summed E-state index contributed by atoms with van der Waals surface area (Å²) in [5.41, 5.74) is 5.29. The molecule has 6 heteroatoms. The third-order valence-corrected chi connectivity index (χ3v) is 5.01. The Bertz CT molecular complexity index is 875. The lowest BCUT2D eigenvalue weighted by atomic mass is 9.87. The van der Waals surface area contributed by atoms with E-state index >= 15 is 0 Å². The number of rotatable bonds is 3. The second-order valence-corrected chi connectivity index (χ2v) is 6.86. The Hall–Kier alpha value is -2.63. The van der Waals surface area contributed by atoms with Gasteiger partial charge in [0.15, 0.2) is 0 Å². The van der Waals surface area contributed by atoms with Crippen molar-refractivity contribution in [3.8, 4) is 0 Å². The van der Waals surface area contributed by atoms with Gasteiger partial charge in [-0.3, -0.25) is 14.9 Å². The van der Waals surface area contributed by atoms with Crippen LogP contribution in [-0.2, 0) is 9.59 Å². The van der Waals surface area contributed by atoms with Crippen molar-refractivity contribution >= 4 is 28.5 Å². The van der Waals surface area contributed by atoms with Crippen LogP contribution < -0.4 is 10.6 Å². The molecule has 1 aromatic carbocycles. The molecule has 1 unspecified atom stereocenters. The number of H-pyrrole nitrogens is 1. The van der Waals surface area contributed by atoms with Gasteiger partial charge in [-0.25, -0.2) is 4.98 Å². The molecule has 1 aromatic heterocycles. The van der Waals surface area contributed by atoms with Crippen molar-refractivity contribution < 1.29 is 9.59 Å². The number of aromatic amines is 1. The Labute approximate surface area is 146 Å². The smallest absolute Gasteiger partial charge is 0.249 e. The fraction of sp³-hybridized carbons (Fsp3) is 0.421. The fourth-order valence-corrected chi connectivity index (χ4v) is 3.53. The molecule has 1 atom stereocenters. The Morgan fingerprint density at radius 2 is 2.04 bits per heavy atom. The van der Waals surface area contributed by atoms with Gasteiger partial charge in [0.1, 0.15) is 11.9 Å². The molecule has 2 amide bonds. The summed E-state index contributed by atoms with van der Waals surface area (Å²) in [6.45, 7) is 1.94. The highest BCUT2D eigenvalue weighted by Crippen LogP contribution is 2.35. The molecule has 2 aromatic rings. The highest BCUT2D eigenvalue weighted by atomic mass is 16.2. The monoisotopic (exact) mass is 338 g/mol. The number of allylic oxidation sites excluding steroid dienone is 1. The van der Waals surface area contributed by atoms with Crippen molar-refractivity contribution in [2.24, 2.45) is 0 Å². The van der Waals surface area contributed by atoms with Crippen LogP contribution in [0.25, 0.3) is 16.7 Å². The number of carbonyl (C=O) groups is 2. The van der Waals surface area contributed by atoms with Gasteiger partial charge in [0.25, 0.3) is 0 Å². The molecular formula is C19H22N4O2. The summed E-state index contributed by atoms with van der Waals surface area (Å²) in [4.78, 5) is 31.8. The van der Waals surface area contributed by atoms with E-state index < -0.39 is 0 Å². The third-order valence-electron chi connectivity index (χ3n) is 5.01. The van der Waals surface area contributed by atoms with Gasteiger partial charge in [0.05, 0.1) is 11.0 Å². The van der Waals surface area contributed by atoms with E-state index in [-0.39, 0.29) is 17.9 Å². The number of nitrogens with zero attached hydrogens (tertiary/aromatic N) is 1. The summed E-state index contributed by atoms with van der Waals surface area (Å²) in [5, 5.41) is 5.93. The number of nitrogens with one attached hydrogen (secondary N) is 3. The quantitative estimate of drug-likeness (QED) is 0.751. The number of para-hydroxylation sites is 1. The van der Waals surface area contributed by atoms with Crippen LogP contribution in [0.15, 0.2) is 23.8 Å². The predicted octanol–water partition coefficient (Wildman–Crippen LogP) is 2.55. The SMILES string of the molecule is Cc1nc2c(C(NC3CCCC(=O)NC3=O)=C3CCC3)cccc2[nH]1. The summed E-state index contributed by atoms with van der Waals surface area (Å²) >= 11 is 0. The Kier molecular flexibility index (Phi) is 4.03. The lowest BCUT2D eigenvalue weighted by Gasteiger charge is -2.27. The normalized spacial score (nSPS) is 20.8. The summed E-state index contributed by atoms with van der Waals surface area (Å²) in [6.07, 6.45) is 5.02. The molecule has 6 nitrogen and oxygen atoms in total. The maximum atomic E-state index is 12.3. The molecule has 3 N–H and O–H groups in total. The van der Waals surface area contributed by atoms with Gasteiger partial charge in [-0.1, -0.05) is 12.1 Å². The molecule has 130 valence electrons. The van der Waals surface area contributed by atoms with Gasteiger partial charge in [-0.15, -0.1) is 0 Å². The van der Waals surface area contributed by atoms with Crippen molar-refractivity contribution in [2.45, 2.75) is 51.5 Å².